The Balaban J connectivity index is 1.45. The second-order valence-corrected chi connectivity index (χ2v) is 10.5. The second-order valence-electron chi connectivity index (χ2n) is 10.5. The van der Waals surface area contributed by atoms with Gasteiger partial charge in [0.15, 0.2) is 0 Å². The van der Waals surface area contributed by atoms with E-state index in [-0.39, 0.29) is 6.04 Å². The molecule has 0 spiro atoms. The van der Waals surface area contributed by atoms with Crippen molar-refractivity contribution in [2.24, 2.45) is 5.73 Å². The Labute approximate surface area is 236 Å². The Bertz CT molecular complexity index is 1480. The van der Waals surface area contributed by atoms with Crippen molar-refractivity contribution in [1.29, 1.82) is 0 Å². The second kappa shape index (κ2) is 12.4. The normalized spacial score (nSPS) is 15.4. The van der Waals surface area contributed by atoms with Crippen LogP contribution in [0.25, 0.3) is 0 Å². The first kappa shape index (κ1) is 27.4. The van der Waals surface area contributed by atoms with Crippen LogP contribution in [-0.4, -0.2) is 28.6 Å². The zero-order chi connectivity index (χ0) is 28.1. The number of para-hydroxylation sites is 1. The standard InChI is InChI=1S/C34H36N2O4/c1-23-8-5-10-25(18-23)21-39-31-14-4-3-12-28(31)33-27-13-7-15-32(40-22-26-11-6-9-24(2)19-26)29(27)20-36(33)17-16-30(35)34(37)38/h3-15,18-19,30,33H,16-17,20-22,35H2,1-2H3,(H,37,38)/t30-,33?/m0/s1. The van der Waals surface area contributed by atoms with Crippen molar-refractivity contribution < 1.29 is 19.4 Å². The molecule has 0 aliphatic carbocycles. The number of aryl methyl sites for hydroxylation is 2. The number of carbonyl (C=O) groups is 1. The van der Waals surface area contributed by atoms with E-state index in [1.165, 1.54) is 11.1 Å². The first-order valence-electron chi connectivity index (χ1n) is 13.7. The molecule has 0 amide bonds. The molecule has 206 valence electrons. The number of ether oxygens (including phenoxy) is 2. The van der Waals surface area contributed by atoms with E-state index < -0.39 is 12.0 Å². The van der Waals surface area contributed by atoms with Gasteiger partial charge < -0.3 is 20.3 Å². The fourth-order valence-corrected chi connectivity index (χ4v) is 5.40. The van der Waals surface area contributed by atoms with Crippen LogP contribution >= 0.6 is 0 Å². The van der Waals surface area contributed by atoms with Gasteiger partial charge in [-0.2, -0.15) is 0 Å². The molecule has 0 radical (unpaired) electrons. The van der Waals surface area contributed by atoms with Gasteiger partial charge in [-0.15, -0.1) is 0 Å². The fourth-order valence-electron chi connectivity index (χ4n) is 5.40. The van der Waals surface area contributed by atoms with Gasteiger partial charge in [0.1, 0.15) is 30.8 Å². The summed E-state index contributed by atoms with van der Waals surface area (Å²) in [7, 11) is 0. The van der Waals surface area contributed by atoms with Crippen LogP contribution in [0.2, 0.25) is 0 Å². The maximum Gasteiger partial charge on any atom is 0.320 e. The average molecular weight is 537 g/mol. The third-order valence-corrected chi connectivity index (χ3v) is 7.40. The van der Waals surface area contributed by atoms with Crippen LogP contribution in [0.1, 0.15) is 51.4 Å². The van der Waals surface area contributed by atoms with Gasteiger partial charge in [0.2, 0.25) is 0 Å². The zero-order valence-corrected chi connectivity index (χ0v) is 23.0. The molecule has 5 rings (SSSR count). The molecule has 0 fully saturated rings. The molecule has 2 atom stereocenters. The molecular formula is C34H36N2O4. The Morgan fingerprint density at radius 1 is 0.850 bits per heavy atom. The van der Waals surface area contributed by atoms with E-state index in [4.69, 9.17) is 15.2 Å². The number of benzene rings is 4. The monoisotopic (exact) mass is 536 g/mol. The predicted octanol–water partition coefficient (Wildman–Crippen LogP) is 6.17. The minimum absolute atomic E-state index is 0.118. The minimum atomic E-state index is -0.989. The maximum atomic E-state index is 11.5. The number of hydrogen-bond donors (Lipinski definition) is 2. The molecule has 4 aromatic rings. The van der Waals surface area contributed by atoms with Crippen molar-refractivity contribution in [3.63, 3.8) is 0 Å². The lowest BCUT2D eigenvalue weighted by Gasteiger charge is -2.27. The van der Waals surface area contributed by atoms with Crippen molar-refractivity contribution in [3.05, 3.63) is 130 Å². The lowest BCUT2D eigenvalue weighted by atomic mass is 9.96. The van der Waals surface area contributed by atoms with E-state index in [9.17, 15) is 9.90 Å². The predicted molar refractivity (Wildman–Crippen MR) is 156 cm³/mol. The summed E-state index contributed by atoms with van der Waals surface area (Å²) < 4.78 is 12.7. The fraction of sp³-hybridized carbons (Fsp3) is 0.265. The summed E-state index contributed by atoms with van der Waals surface area (Å²) in [6.45, 7) is 6.24. The molecule has 0 saturated carbocycles. The molecule has 1 aliphatic rings. The number of hydrogen-bond acceptors (Lipinski definition) is 5. The molecule has 1 heterocycles. The lowest BCUT2D eigenvalue weighted by Crippen LogP contribution is -2.35. The molecule has 0 aromatic heterocycles. The highest BCUT2D eigenvalue weighted by Gasteiger charge is 2.35. The van der Waals surface area contributed by atoms with Crippen LogP contribution in [0.3, 0.4) is 0 Å². The number of carboxylic acids is 1. The summed E-state index contributed by atoms with van der Waals surface area (Å²) in [6, 6.07) is 29.9. The third-order valence-electron chi connectivity index (χ3n) is 7.40. The summed E-state index contributed by atoms with van der Waals surface area (Å²) in [6.07, 6.45) is 0.339. The number of nitrogens with zero attached hydrogens (tertiary/aromatic N) is 1. The molecular weight excluding hydrogens is 500 g/mol. The van der Waals surface area contributed by atoms with E-state index >= 15 is 0 Å². The van der Waals surface area contributed by atoms with E-state index in [0.717, 1.165) is 39.3 Å². The van der Waals surface area contributed by atoms with Gasteiger partial charge in [-0.05, 0) is 49.1 Å². The number of carboxylic acid groups (broad SMARTS) is 1. The molecule has 0 bridgehead atoms. The maximum absolute atomic E-state index is 11.5. The van der Waals surface area contributed by atoms with Crippen LogP contribution in [0.15, 0.2) is 91.0 Å². The molecule has 1 aliphatic heterocycles. The van der Waals surface area contributed by atoms with Crippen molar-refractivity contribution >= 4 is 5.97 Å². The van der Waals surface area contributed by atoms with Crippen LogP contribution in [0.5, 0.6) is 11.5 Å². The Morgan fingerprint density at radius 2 is 1.43 bits per heavy atom. The zero-order valence-electron chi connectivity index (χ0n) is 23.0. The molecule has 40 heavy (non-hydrogen) atoms. The van der Waals surface area contributed by atoms with Crippen molar-refractivity contribution in [1.82, 2.24) is 4.90 Å². The summed E-state index contributed by atoms with van der Waals surface area (Å²) in [4.78, 5) is 13.8. The largest absolute Gasteiger partial charge is 0.489 e. The summed E-state index contributed by atoms with van der Waals surface area (Å²) in [5.41, 5.74) is 13.8. The van der Waals surface area contributed by atoms with E-state index in [0.29, 0.717) is 32.7 Å². The summed E-state index contributed by atoms with van der Waals surface area (Å²) in [5.74, 6) is 0.657. The van der Waals surface area contributed by atoms with Gasteiger partial charge in [0.25, 0.3) is 0 Å². The number of fused-ring (bicyclic) bond motifs is 1. The molecule has 6 heteroatoms. The van der Waals surface area contributed by atoms with E-state index in [1.807, 2.05) is 42.5 Å². The smallest absolute Gasteiger partial charge is 0.320 e. The lowest BCUT2D eigenvalue weighted by molar-refractivity contribution is -0.138. The topological polar surface area (TPSA) is 85.0 Å². The first-order valence-corrected chi connectivity index (χ1v) is 13.7. The minimum Gasteiger partial charge on any atom is -0.489 e. The number of rotatable bonds is 11. The molecule has 3 N–H and O–H groups in total. The van der Waals surface area contributed by atoms with Crippen molar-refractivity contribution in [2.75, 3.05) is 6.54 Å². The van der Waals surface area contributed by atoms with Gasteiger partial charge in [0, 0.05) is 24.2 Å². The molecule has 0 saturated heterocycles. The number of aliphatic carboxylic acids is 1. The highest BCUT2D eigenvalue weighted by Crippen LogP contribution is 2.45. The average Bonchev–Trinajstić information content (AvgIpc) is 3.32. The van der Waals surface area contributed by atoms with Gasteiger partial charge in [-0.25, -0.2) is 0 Å². The van der Waals surface area contributed by atoms with Gasteiger partial charge in [-0.3, -0.25) is 9.69 Å². The molecule has 6 nitrogen and oxygen atoms in total. The van der Waals surface area contributed by atoms with Crippen molar-refractivity contribution in [3.8, 4) is 11.5 Å². The van der Waals surface area contributed by atoms with Gasteiger partial charge >= 0.3 is 5.97 Å². The van der Waals surface area contributed by atoms with E-state index in [2.05, 4.69) is 67.3 Å². The molecule has 1 unspecified atom stereocenters. The Morgan fingerprint density at radius 3 is 2.08 bits per heavy atom. The Hall–Kier alpha value is -4.13. The van der Waals surface area contributed by atoms with Crippen molar-refractivity contribution in [2.45, 2.75) is 52.1 Å². The quantitative estimate of drug-likeness (QED) is 0.239. The molecule has 4 aromatic carbocycles. The highest BCUT2D eigenvalue weighted by atomic mass is 16.5. The van der Waals surface area contributed by atoms with Crippen LogP contribution in [0.4, 0.5) is 0 Å². The third kappa shape index (κ3) is 6.36. The summed E-state index contributed by atoms with van der Waals surface area (Å²) in [5, 5.41) is 9.41. The van der Waals surface area contributed by atoms with Gasteiger partial charge in [0.05, 0.1) is 6.04 Å². The van der Waals surface area contributed by atoms with Crippen LogP contribution < -0.4 is 15.2 Å². The SMILES string of the molecule is Cc1cccc(COc2ccccc2C2c3cccc(OCc4cccc(C)c4)c3CN2CC[C@H](N)C(=O)O)c1. The van der Waals surface area contributed by atoms with Crippen LogP contribution in [-0.2, 0) is 24.6 Å². The highest BCUT2D eigenvalue weighted by molar-refractivity contribution is 5.73. The number of nitrogens with two attached hydrogens (primary N) is 1. The van der Waals surface area contributed by atoms with E-state index in [1.54, 1.807) is 0 Å². The van der Waals surface area contributed by atoms with Gasteiger partial charge in [-0.1, -0.05) is 90.0 Å². The Kier molecular flexibility index (Phi) is 8.48. The van der Waals surface area contributed by atoms with Crippen LogP contribution in [0, 0.1) is 13.8 Å². The first-order chi connectivity index (χ1) is 19.4. The summed E-state index contributed by atoms with van der Waals surface area (Å²) >= 11 is 0.